The average Bonchev–Trinajstić information content (AvgIpc) is 3.68. The minimum Gasteiger partial charge on any atom is -0.208 e. The fourth-order valence-corrected chi connectivity index (χ4v) is 9.39. The molecular formula is C53H33N3S. The van der Waals surface area contributed by atoms with E-state index in [9.17, 15) is 0 Å². The summed E-state index contributed by atoms with van der Waals surface area (Å²) in [5.41, 5.74) is 9.82. The number of hydrogen-bond acceptors (Lipinski definition) is 4. The molecule has 0 saturated heterocycles. The molecule has 0 aliphatic rings. The highest BCUT2D eigenvalue weighted by Gasteiger charge is 2.21. The molecule has 11 aromatic rings. The number of rotatable bonds is 6. The number of aromatic nitrogens is 3. The zero-order valence-electron chi connectivity index (χ0n) is 30.8. The van der Waals surface area contributed by atoms with E-state index in [-0.39, 0.29) is 0 Å². The van der Waals surface area contributed by atoms with E-state index < -0.39 is 0 Å². The van der Waals surface area contributed by atoms with E-state index in [1.807, 2.05) is 0 Å². The van der Waals surface area contributed by atoms with Crippen LogP contribution in [0.5, 0.6) is 0 Å². The van der Waals surface area contributed by atoms with Crippen molar-refractivity contribution in [3.05, 3.63) is 200 Å². The van der Waals surface area contributed by atoms with Crippen molar-refractivity contribution < 1.29 is 0 Å². The van der Waals surface area contributed by atoms with E-state index in [4.69, 9.17) is 15.0 Å². The first-order chi connectivity index (χ1) is 28.2. The first-order valence-corrected chi connectivity index (χ1v) is 20.0. The second-order valence-electron chi connectivity index (χ2n) is 14.4. The molecule has 0 unspecified atom stereocenters. The van der Waals surface area contributed by atoms with Crippen molar-refractivity contribution in [2.24, 2.45) is 0 Å². The standard InChI is InChI=1S/C53H33N3S/c1-3-14-34(15-4-1)38-20-11-21-39(32-38)40-29-28-37-19-12-25-45(47(37)33-40)51-54-52(46-26-13-24-44-43-23-9-10-27-48(43)57-50(44)46)56-53(55-51)49-41-22-8-7-18-36(41)30-31-42(49)35-16-5-2-6-17-35/h1-33H. The molecule has 0 aliphatic carbocycles. The van der Waals surface area contributed by atoms with Gasteiger partial charge in [-0.15, -0.1) is 11.3 Å². The molecule has 0 bridgehead atoms. The van der Waals surface area contributed by atoms with Gasteiger partial charge in [-0.05, 0) is 79.2 Å². The second kappa shape index (κ2) is 13.8. The summed E-state index contributed by atoms with van der Waals surface area (Å²) in [5.74, 6) is 1.94. The van der Waals surface area contributed by atoms with Crippen LogP contribution >= 0.6 is 11.3 Å². The first kappa shape index (κ1) is 33.1. The summed E-state index contributed by atoms with van der Waals surface area (Å²) in [6.45, 7) is 0. The molecule has 3 nitrogen and oxygen atoms in total. The van der Waals surface area contributed by atoms with Crippen molar-refractivity contribution in [1.82, 2.24) is 15.0 Å². The van der Waals surface area contributed by atoms with Crippen LogP contribution < -0.4 is 0 Å². The Morgan fingerprint density at radius 1 is 0.298 bits per heavy atom. The van der Waals surface area contributed by atoms with Gasteiger partial charge < -0.3 is 0 Å². The third-order valence-electron chi connectivity index (χ3n) is 10.9. The maximum absolute atomic E-state index is 5.45. The molecule has 0 amide bonds. The number of thiophene rings is 1. The molecule has 266 valence electrons. The zero-order valence-corrected chi connectivity index (χ0v) is 31.6. The lowest BCUT2D eigenvalue weighted by Gasteiger charge is -2.16. The lowest BCUT2D eigenvalue weighted by molar-refractivity contribution is 1.08. The van der Waals surface area contributed by atoms with Crippen molar-refractivity contribution >= 4 is 53.1 Å². The Morgan fingerprint density at radius 2 is 0.842 bits per heavy atom. The predicted molar refractivity (Wildman–Crippen MR) is 240 cm³/mol. The third kappa shape index (κ3) is 5.86. The van der Waals surface area contributed by atoms with Crippen LogP contribution in [0.1, 0.15) is 0 Å². The van der Waals surface area contributed by atoms with Crippen molar-refractivity contribution in [3.63, 3.8) is 0 Å². The van der Waals surface area contributed by atoms with E-state index in [2.05, 4.69) is 200 Å². The number of benzene rings is 9. The van der Waals surface area contributed by atoms with E-state index in [1.165, 1.54) is 31.3 Å². The van der Waals surface area contributed by atoms with E-state index in [0.29, 0.717) is 17.5 Å². The summed E-state index contributed by atoms with van der Waals surface area (Å²) in [5, 5.41) is 6.90. The van der Waals surface area contributed by atoms with E-state index in [0.717, 1.165) is 60.5 Å². The maximum atomic E-state index is 5.45. The van der Waals surface area contributed by atoms with Gasteiger partial charge in [-0.2, -0.15) is 0 Å². The Hall–Kier alpha value is -7.27. The van der Waals surface area contributed by atoms with Crippen LogP contribution in [0, 0.1) is 0 Å². The molecule has 0 radical (unpaired) electrons. The largest absolute Gasteiger partial charge is 0.208 e. The molecule has 0 fully saturated rings. The molecule has 2 aromatic heterocycles. The minimum atomic E-state index is 0.640. The Morgan fingerprint density at radius 3 is 1.68 bits per heavy atom. The van der Waals surface area contributed by atoms with Crippen molar-refractivity contribution in [3.8, 4) is 67.5 Å². The third-order valence-corrected chi connectivity index (χ3v) is 12.2. The van der Waals surface area contributed by atoms with Crippen molar-refractivity contribution in [2.75, 3.05) is 0 Å². The lowest BCUT2D eigenvalue weighted by atomic mass is 9.93. The molecule has 0 N–H and O–H groups in total. The number of hydrogen-bond donors (Lipinski definition) is 0. The highest BCUT2D eigenvalue weighted by molar-refractivity contribution is 7.26. The van der Waals surface area contributed by atoms with Crippen LogP contribution in [0.4, 0.5) is 0 Å². The predicted octanol–water partition coefficient (Wildman–Crippen LogP) is 14.5. The molecule has 11 rings (SSSR count). The Balaban J connectivity index is 1.18. The van der Waals surface area contributed by atoms with Crippen molar-refractivity contribution in [2.45, 2.75) is 0 Å². The molecule has 4 heteroatoms. The van der Waals surface area contributed by atoms with Crippen LogP contribution in [0.2, 0.25) is 0 Å². The fraction of sp³-hybridized carbons (Fsp3) is 0. The second-order valence-corrected chi connectivity index (χ2v) is 15.4. The van der Waals surface area contributed by atoms with Crippen LogP contribution in [0.3, 0.4) is 0 Å². The van der Waals surface area contributed by atoms with Gasteiger partial charge in [0.05, 0.1) is 0 Å². The average molecular weight is 744 g/mol. The molecule has 2 heterocycles. The van der Waals surface area contributed by atoms with Gasteiger partial charge in [0.15, 0.2) is 17.5 Å². The summed E-state index contributed by atoms with van der Waals surface area (Å²) in [6.07, 6.45) is 0. The van der Waals surface area contributed by atoms with Crippen LogP contribution in [-0.4, -0.2) is 15.0 Å². The van der Waals surface area contributed by atoms with E-state index in [1.54, 1.807) is 11.3 Å². The molecule has 0 saturated carbocycles. The topological polar surface area (TPSA) is 38.7 Å². The SMILES string of the molecule is c1ccc(-c2cccc(-c3ccc4cccc(-c5nc(-c6c(-c7ccccc7)ccc7ccccc67)nc(-c6cccc7c6sc6ccccc67)n5)c4c3)c2)cc1. The monoisotopic (exact) mass is 743 g/mol. The minimum absolute atomic E-state index is 0.640. The summed E-state index contributed by atoms with van der Waals surface area (Å²) < 4.78 is 2.41. The van der Waals surface area contributed by atoms with E-state index >= 15 is 0 Å². The Kier molecular flexibility index (Phi) is 8.01. The van der Waals surface area contributed by atoms with Gasteiger partial charge in [-0.1, -0.05) is 176 Å². The zero-order chi connectivity index (χ0) is 37.7. The Labute approximate surface area is 334 Å². The molecule has 0 atom stereocenters. The maximum Gasteiger partial charge on any atom is 0.165 e. The normalized spacial score (nSPS) is 11.5. The van der Waals surface area contributed by atoms with Gasteiger partial charge in [0.2, 0.25) is 0 Å². The highest BCUT2D eigenvalue weighted by atomic mass is 32.1. The number of fused-ring (bicyclic) bond motifs is 5. The van der Waals surface area contributed by atoms with Gasteiger partial charge in [0.1, 0.15) is 0 Å². The molecule has 57 heavy (non-hydrogen) atoms. The van der Waals surface area contributed by atoms with Gasteiger partial charge in [0.25, 0.3) is 0 Å². The molecule has 9 aromatic carbocycles. The van der Waals surface area contributed by atoms with Gasteiger partial charge >= 0.3 is 0 Å². The lowest BCUT2D eigenvalue weighted by Crippen LogP contribution is -2.02. The smallest absolute Gasteiger partial charge is 0.165 e. The summed E-state index contributed by atoms with van der Waals surface area (Å²) in [4.78, 5) is 16.3. The van der Waals surface area contributed by atoms with Gasteiger partial charge in [-0.25, -0.2) is 15.0 Å². The van der Waals surface area contributed by atoms with Crippen molar-refractivity contribution in [1.29, 1.82) is 0 Å². The van der Waals surface area contributed by atoms with Crippen LogP contribution in [-0.2, 0) is 0 Å². The quantitative estimate of drug-likeness (QED) is 0.170. The van der Waals surface area contributed by atoms with Crippen LogP contribution in [0.25, 0.3) is 109 Å². The van der Waals surface area contributed by atoms with Gasteiger partial charge in [-0.3, -0.25) is 0 Å². The summed E-state index contributed by atoms with van der Waals surface area (Å²) in [6, 6.07) is 71.0. The van der Waals surface area contributed by atoms with Crippen LogP contribution in [0.15, 0.2) is 200 Å². The fourth-order valence-electron chi connectivity index (χ4n) is 8.18. The number of nitrogens with zero attached hydrogens (tertiary/aromatic N) is 3. The first-order valence-electron chi connectivity index (χ1n) is 19.2. The molecular weight excluding hydrogens is 711 g/mol. The summed E-state index contributed by atoms with van der Waals surface area (Å²) >= 11 is 1.79. The highest BCUT2D eigenvalue weighted by Crippen LogP contribution is 2.42. The molecule has 0 spiro atoms. The summed E-state index contributed by atoms with van der Waals surface area (Å²) in [7, 11) is 0. The molecule has 0 aliphatic heterocycles. The Bertz CT molecular complexity index is 3300. The van der Waals surface area contributed by atoms with Gasteiger partial charge in [0, 0.05) is 36.9 Å².